The number of carbonyl (C=O) groups is 2. The topological polar surface area (TPSA) is 70.7 Å². The van der Waals surface area contributed by atoms with E-state index in [1.807, 2.05) is 29.2 Å². The molecule has 0 saturated carbocycles. The Labute approximate surface area is 123 Å². The maximum atomic E-state index is 12.7. The van der Waals surface area contributed by atoms with Crippen molar-refractivity contribution in [3.63, 3.8) is 0 Å². The summed E-state index contributed by atoms with van der Waals surface area (Å²) < 4.78 is 4.59. The van der Waals surface area contributed by atoms with Crippen LogP contribution in [0.1, 0.15) is 17.9 Å². The molecule has 2 unspecified atom stereocenters. The summed E-state index contributed by atoms with van der Waals surface area (Å²) in [5.74, 6) is -0.000285. The van der Waals surface area contributed by atoms with Crippen LogP contribution in [0.5, 0.6) is 0 Å². The van der Waals surface area contributed by atoms with Crippen LogP contribution in [0.15, 0.2) is 24.3 Å². The number of rotatable bonds is 2. The maximum absolute atomic E-state index is 12.7. The predicted octanol–water partition coefficient (Wildman–Crippen LogP) is 1.15. The highest BCUT2D eigenvalue weighted by atomic mass is 16.5. The van der Waals surface area contributed by atoms with E-state index in [1.165, 1.54) is 7.11 Å². The molecule has 0 spiro atoms. The molecular weight excluding hydrogens is 270 g/mol. The van der Waals surface area contributed by atoms with Crippen molar-refractivity contribution in [2.75, 3.05) is 32.1 Å². The van der Waals surface area contributed by atoms with Gasteiger partial charge >= 0.3 is 6.09 Å². The fourth-order valence-electron chi connectivity index (χ4n) is 3.03. The number of anilines is 1. The standard InChI is InChI=1S/C15H19N3O3/c1-21-15(20)17-10-6-7-18(9-10)14(19)12-8-16-13-5-3-2-4-11(12)13/h2-5,10,12,16H,6-9H2,1H3,(H,17,20). The lowest BCUT2D eigenvalue weighted by molar-refractivity contribution is -0.131. The molecule has 2 amide bonds. The van der Waals surface area contributed by atoms with Crippen molar-refractivity contribution in [2.45, 2.75) is 18.4 Å². The minimum Gasteiger partial charge on any atom is -0.453 e. The minimum atomic E-state index is -0.442. The summed E-state index contributed by atoms with van der Waals surface area (Å²) in [7, 11) is 1.34. The smallest absolute Gasteiger partial charge is 0.407 e. The summed E-state index contributed by atoms with van der Waals surface area (Å²) in [6.07, 6.45) is 0.324. The zero-order chi connectivity index (χ0) is 14.8. The van der Waals surface area contributed by atoms with Crippen LogP contribution in [0.2, 0.25) is 0 Å². The van der Waals surface area contributed by atoms with Gasteiger partial charge in [-0.05, 0) is 18.1 Å². The SMILES string of the molecule is COC(=O)NC1CCN(C(=O)C2CNc3ccccc32)C1. The van der Waals surface area contributed by atoms with Gasteiger partial charge in [0.1, 0.15) is 0 Å². The molecule has 1 aromatic carbocycles. The number of hydrogen-bond acceptors (Lipinski definition) is 4. The number of benzene rings is 1. The highest BCUT2D eigenvalue weighted by Gasteiger charge is 2.35. The first-order valence-corrected chi connectivity index (χ1v) is 7.15. The second-order valence-electron chi connectivity index (χ2n) is 5.43. The normalized spacial score (nSPS) is 23.4. The molecule has 6 heteroatoms. The van der Waals surface area contributed by atoms with Crippen molar-refractivity contribution in [3.8, 4) is 0 Å². The van der Waals surface area contributed by atoms with Gasteiger partial charge in [0.25, 0.3) is 0 Å². The second-order valence-corrected chi connectivity index (χ2v) is 5.43. The molecule has 21 heavy (non-hydrogen) atoms. The Morgan fingerprint density at radius 2 is 2.19 bits per heavy atom. The van der Waals surface area contributed by atoms with E-state index in [0.717, 1.165) is 17.7 Å². The van der Waals surface area contributed by atoms with Crippen molar-refractivity contribution in [1.82, 2.24) is 10.2 Å². The van der Waals surface area contributed by atoms with E-state index >= 15 is 0 Å². The molecule has 112 valence electrons. The first-order valence-electron chi connectivity index (χ1n) is 7.15. The van der Waals surface area contributed by atoms with Gasteiger partial charge in [-0.3, -0.25) is 4.79 Å². The average Bonchev–Trinajstić information content (AvgIpc) is 3.13. The molecule has 2 N–H and O–H groups in total. The molecule has 1 saturated heterocycles. The van der Waals surface area contributed by atoms with Crippen molar-refractivity contribution in [2.24, 2.45) is 0 Å². The molecule has 0 radical (unpaired) electrons. The van der Waals surface area contributed by atoms with Crippen molar-refractivity contribution in [3.05, 3.63) is 29.8 Å². The number of amides is 2. The van der Waals surface area contributed by atoms with Crippen molar-refractivity contribution >= 4 is 17.7 Å². The lowest BCUT2D eigenvalue weighted by atomic mass is 10.00. The number of carbonyl (C=O) groups excluding carboxylic acids is 2. The number of likely N-dealkylation sites (tertiary alicyclic amines) is 1. The van der Waals surface area contributed by atoms with Crippen LogP contribution >= 0.6 is 0 Å². The molecule has 0 aliphatic carbocycles. The van der Waals surface area contributed by atoms with Gasteiger partial charge in [0.2, 0.25) is 5.91 Å². The molecule has 6 nitrogen and oxygen atoms in total. The molecule has 1 fully saturated rings. The van der Waals surface area contributed by atoms with E-state index in [2.05, 4.69) is 15.4 Å². The zero-order valence-electron chi connectivity index (χ0n) is 12.0. The lowest BCUT2D eigenvalue weighted by Crippen LogP contribution is -2.40. The number of ether oxygens (including phenoxy) is 1. The largest absolute Gasteiger partial charge is 0.453 e. The van der Waals surface area contributed by atoms with Crippen LogP contribution < -0.4 is 10.6 Å². The number of hydrogen-bond donors (Lipinski definition) is 2. The predicted molar refractivity (Wildman–Crippen MR) is 78.2 cm³/mol. The summed E-state index contributed by atoms with van der Waals surface area (Å²) in [6, 6.07) is 7.89. The van der Waals surface area contributed by atoms with E-state index in [0.29, 0.717) is 19.6 Å². The van der Waals surface area contributed by atoms with Crippen LogP contribution in [0, 0.1) is 0 Å². The highest BCUT2D eigenvalue weighted by Crippen LogP contribution is 2.33. The summed E-state index contributed by atoms with van der Waals surface area (Å²) in [6.45, 7) is 1.86. The fourth-order valence-corrected chi connectivity index (χ4v) is 3.03. The van der Waals surface area contributed by atoms with E-state index < -0.39 is 6.09 Å². The molecule has 2 heterocycles. The minimum absolute atomic E-state index is 0.0222. The Balaban J connectivity index is 1.64. The van der Waals surface area contributed by atoms with Gasteiger partial charge < -0.3 is 20.3 Å². The van der Waals surface area contributed by atoms with Crippen LogP contribution in [0.4, 0.5) is 10.5 Å². The van der Waals surface area contributed by atoms with Gasteiger partial charge in [-0.15, -0.1) is 0 Å². The Bertz CT molecular complexity index is 561. The van der Waals surface area contributed by atoms with Gasteiger partial charge in [-0.25, -0.2) is 4.79 Å². The molecule has 3 rings (SSSR count). The number of methoxy groups -OCH3 is 1. The molecule has 2 aliphatic rings. The van der Waals surface area contributed by atoms with Crippen molar-refractivity contribution < 1.29 is 14.3 Å². The lowest BCUT2D eigenvalue weighted by Gasteiger charge is -2.20. The van der Waals surface area contributed by atoms with Crippen LogP contribution in [0.25, 0.3) is 0 Å². The number of para-hydroxylation sites is 1. The second kappa shape index (κ2) is 5.63. The third-order valence-electron chi connectivity index (χ3n) is 4.14. The first-order chi connectivity index (χ1) is 10.2. The number of nitrogens with one attached hydrogen (secondary N) is 2. The summed E-state index contributed by atoms with van der Waals surface area (Å²) in [5, 5.41) is 6.02. The Kier molecular flexibility index (Phi) is 3.68. The van der Waals surface area contributed by atoms with E-state index in [9.17, 15) is 9.59 Å². The Morgan fingerprint density at radius 3 is 3.00 bits per heavy atom. The number of fused-ring (bicyclic) bond motifs is 1. The maximum Gasteiger partial charge on any atom is 0.407 e. The van der Waals surface area contributed by atoms with Crippen LogP contribution in [-0.4, -0.2) is 49.7 Å². The quantitative estimate of drug-likeness (QED) is 0.857. The molecule has 2 aliphatic heterocycles. The third kappa shape index (κ3) is 2.66. The molecule has 2 atom stereocenters. The number of alkyl carbamates (subject to hydrolysis) is 1. The monoisotopic (exact) mass is 289 g/mol. The Morgan fingerprint density at radius 1 is 1.38 bits per heavy atom. The Hall–Kier alpha value is -2.24. The van der Waals surface area contributed by atoms with Gasteiger partial charge in [0, 0.05) is 25.3 Å². The summed E-state index contributed by atoms with van der Waals surface area (Å²) in [4.78, 5) is 25.7. The van der Waals surface area contributed by atoms with Gasteiger partial charge in [-0.1, -0.05) is 18.2 Å². The first kappa shape index (κ1) is 13.7. The highest BCUT2D eigenvalue weighted by molar-refractivity contribution is 5.88. The molecular formula is C15H19N3O3. The average molecular weight is 289 g/mol. The van der Waals surface area contributed by atoms with Gasteiger partial charge in [0.15, 0.2) is 0 Å². The van der Waals surface area contributed by atoms with Crippen LogP contribution in [0.3, 0.4) is 0 Å². The fraction of sp³-hybridized carbons (Fsp3) is 0.467. The third-order valence-corrected chi connectivity index (χ3v) is 4.14. The van der Waals surface area contributed by atoms with Crippen LogP contribution in [-0.2, 0) is 9.53 Å². The molecule has 0 aromatic heterocycles. The summed E-state index contributed by atoms with van der Waals surface area (Å²) in [5.41, 5.74) is 2.10. The number of nitrogens with zero attached hydrogens (tertiary/aromatic N) is 1. The zero-order valence-corrected chi connectivity index (χ0v) is 12.0. The van der Waals surface area contributed by atoms with E-state index in [1.54, 1.807) is 0 Å². The van der Waals surface area contributed by atoms with E-state index in [4.69, 9.17) is 0 Å². The van der Waals surface area contributed by atoms with E-state index in [-0.39, 0.29) is 17.9 Å². The molecule has 0 bridgehead atoms. The van der Waals surface area contributed by atoms with Gasteiger partial charge in [0.05, 0.1) is 19.1 Å². The molecule has 1 aromatic rings. The van der Waals surface area contributed by atoms with Gasteiger partial charge in [-0.2, -0.15) is 0 Å². The summed E-state index contributed by atoms with van der Waals surface area (Å²) >= 11 is 0. The van der Waals surface area contributed by atoms with Crippen molar-refractivity contribution in [1.29, 1.82) is 0 Å².